The molecular formula is C13H23N3. The predicted molar refractivity (Wildman–Crippen MR) is 67.5 cm³/mol. The monoisotopic (exact) mass is 221 g/mol. The lowest BCUT2D eigenvalue weighted by atomic mass is 10.1. The largest absolute Gasteiger partial charge is 0.311 e. The van der Waals surface area contributed by atoms with Crippen molar-refractivity contribution in [2.24, 2.45) is 0 Å². The quantitative estimate of drug-likeness (QED) is 0.751. The molecule has 3 heteroatoms. The van der Waals surface area contributed by atoms with Crippen LogP contribution in [0.2, 0.25) is 0 Å². The first kappa shape index (κ1) is 13.1. The second kappa shape index (κ2) is 6.59. The molecule has 1 aromatic heterocycles. The number of hydrogen-bond acceptors (Lipinski definition) is 3. The Hall–Kier alpha value is -0.960. The Morgan fingerprint density at radius 1 is 1.31 bits per heavy atom. The van der Waals surface area contributed by atoms with Crippen LogP contribution in [0.1, 0.15) is 56.7 Å². The number of rotatable bonds is 6. The second-order valence-corrected chi connectivity index (χ2v) is 4.34. The van der Waals surface area contributed by atoms with Crippen LogP contribution in [0.4, 0.5) is 0 Å². The first-order valence-electron chi connectivity index (χ1n) is 6.22. The van der Waals surface area contributed by atoms with Crippen molar-refractivity contribution < 1.29 is 0 Å². The molecule has 0 amide bonds. The van der Waals surface area contributed by atoms with E-state index < -0.39 is 0 Å². The third-order valence-electron chi connectivity index (χ3n) is 2.71. The van der Waals surface area contributed by atoms with Gasteiger partial charge < -0.3 is 5.32 Å². The molecule has 0 aliphatic rings. The van der Waals surface area contributed by atoms with Gasteiger partial charge in [-0.25, -0.2) is 9.97 Å². The molecule has 0 aliphatic heterocycles. The van der Waals surface area contributed by atoms with Crippen LogP contribution in [0.3, 0.4) is 0 Å². The highest BCUT2D eigenvalue weighted by atomic mass is 14.9. The summed E-state index contributed by atoms with van der Waals surface area (Å²) in [5.74, 6) is 1.43. The van der Waals surface area contributed by atoms with E-state index in [0.717, 1.165) is 43.1 Å². The van der Waals surface area contributed by atoms with Gasteiger partial charge in [0, 0.05) is 18.2 Å². The highest BCUT2D eigenvalue weighted by molar-refractivity contribution is 5.11. The van der Waals surface area contributed by atoms with E-state index in [4.69, 9.17) is 0 Å². The molecule has 90 valence electrons. The Morgan fingerprint density at radius 2 is 2.06 bits per heavy atom. The van der Waals surface area contributed by atoms with E-state index in [1.54, 1.807) is 0 Å². The van der Waals surface area contributed by atoms with E-state index in [1.165, 1.54) is 0 Å². The maximum Gasteiger partial charge on any atom is 0.131 e. The van der Waals surface area contributed by atoms with Gasteiger partial charge in [-0.05, 0) is 32.4 Å². The summed E-state index contributed by atoms with van der Waals surface area (Å²) in [5.41, 5.74) is 2.18. The van der Waals surface area contributed by atoms with Gasteiger partial charge in [0.2, 0.25) is 0 Å². The molecule has 1 rings (SSSR count). The van der Waals surface area contributed by atoms with E-state index in [2.05, 4.69) is 42.1 Å². The molecule has 0 spiro atoms. The highest BCUT2D eigenvalue weighted by Gasteiger charge is 2.08. The summed E-state index contributed by atoms with van der Waals surface area (Å²) in [5, 5.41) is 3.37. The van der Waals surface area contributed by atoms with E-state index >= 15 is 0 Å². The Bertz CT molecular complexity index is 323. The molecule has 0 radical (unpaired) electrons. The maximum absolute atomic E-state index is 4.60. The molecule has 1 unspecified atom stereocenters. The highest BCUT2D eigenvalue weighted by Crippen LogP contribution is 2.15. The van der Waals surface area contributed by atoms with Crippen molar-refractivity contribution in [3.05, 3.63) is 23.3 Å². The third kappa shape index (κ3) is 3.89. The van der Waals surface area contributed by atoms with Gasteiger partial charge in [-0.15, -0.1) is 0 Å². The first-order valence-corrected chi connectivity index (χ1v) is 6.22. The fourth-order valence-corrected chi connectivity index (χ4v) is 1.55. The number of aryl methyl sites for hydroxylation is 1. The van der Waals surface area contributed by atoms with Crippen LogP contribution in [0, 0.1) is 6.92 Å². The average Bonchev–Trinajstić information content (AvgIpc) is 2.27. The zero-order valence-electron chi connectivity index (χ0n) is 10.9. The van der Waals surface area contributed by atoms with E-state index in [0.29, 0.717) is 5.92 Å². The van der Waals surface area contributed by atoms with E-state index in [1.807, 2.05) is 6.92 Å². The maximum atomic E-state index is 4.60. The van der Waals surface area contributed by atoms with Gasteiger partial charge >= 0.3 is 0 Å². The Balaban J connectivity index is 2.73. The molecule has 1 heterocycles. The SMILES string of the molecule is CCCNCc1cc(C)nc(C(C)CC)n1. The molecule has 0 aliphatic carbocycles. The van der Waals surface area contributed by atoms with Gasteiger partial charge in [0.15, 0.2) is 0 Å². The van der Waals surface area contributed by atoms with Gasteiger partial charge in [-0.2, -0.15) is 0 Å². The average molecular weight is 221 g/mol. The standard InChI is InChI=1S/C13H23N3/c1-5-7-14-9-12-8-11(4)15-13(16-12)10(3)6-2/h8,10,14H,5-7,9H2,1-4H3. The summed E-state index contributed by atoms with van der Waals surface area (Å²) in [4.78, 5) is 9.10. The van der Waals surface area contributed by atoms with Crippen molar-refractivity contribution in [3.8, 4) is 0 Å². The first-order chi connectivity index (χ1) is 7.67. The normalized spacial score (nSPS) is 12.8. The van der Waals surface area contributed by atoms with Crippen LogP contribution in [0.25, 0.3) is 0 Å². The van der Waals surface area contributed by atoms with Gasteiger partial charge in [0.1, 0.15) is 5.82 Å². The number of nitrogens with zero attached hydrogens (tertiary/aromatic N) is 2. The summed E-state index contributed by atoms with van der Waals surface area (Å²) in [6.45, 7) is 10.4. The van der Waals surface area contributed by atoms with Gasteiger partial charge in [-0.3, -0.25) is 0 Å². The number of nitrogens with one attached hydrogen (secondary N) is 1. The molecule has 1 aromatic rings. The summed E-state index contributed by atoms with van der Waals surface area (Å²) < 4.78 is 0. The molecule has 1 N–H and O–H groups in total. The molecule has 0 bridgehead atoms. The lowest BCUT2D eigenvalue weighted by molar-refractivity contribution is 0.633. The fourth-order valence-electron chi connectivity index (χ4n) is 1.55. The minimum atomic E-state index is 0.449. The molecule has 3 nitrogen and oxygen atoms in total. The predicted octanol–water partition coefficient (Wildman–Crippen LogP) is 2.80. The lowest BCUT2D eigenvalue weighted by Gasteiger charge is -2.10. The van der Waals surface area contributed by atoms with Crippen molar-refractivity contribution in [2.75, 3.05) is 6.54 Å². The topological polar surface area (TPSA) is 37.8 Å². The van der Waals surface area contributed by atoms with Crippen molar-refractivity contribution in [1.29, 1.82) is 0 Å². The summed E-state index contributed by atoms with van der Waals surface area (Å²) >= 11 is 0. The molecule has 16 heavy (non-hydrogen) atoms. The Kier molecular flexibility index (Phi) is 5.39. The minimum Gasteiger partial charge on any atom is -0.311 e. The van der Waals surface area contributed by atoms with Crippen molar-refractivity contribution in [1.82, 2.24) is 15.3 Å². The van der Waals surface area contributed by atoms with E-state index in [9.17, 15) is 0 Å². The molecule has 1 atom stereocenters. The van der Waals surface area contributed by atoms with Crippen molar-refractivity contribution >= 4 is 0 Å². The molecule has 0 aromatic carbocycles. The van der Waals surface area contributed by atoms with E-state index in [-0.39, 0.29) is 0 Å². The fraction of sp³-hybridized carbons (Fsp3) is 0.692. The van der Waals surface area contributed by atoms with Crippen LogP contribution in [0.15, 0.2) is 6.07 Å². The summed E-state index contributed by atoms with van der Waals surface area (Å²) in [7, 11) is 0. The minimum absolute atomic E-state index is 0.449. The van der Waals surface area contributed by atoms with Crippen molar-refractivity contribution in [3.63, 3.8) is 0 Å². The molecule has 0 saturated carbocycles. The second-order valence-electron chi connectivity index (χ2n) is 4.34. The Morgan fingerprint density at radius 3 is 2.69 bits per heavy atom. The summed E-state index contributed by atoms with van der Waals surface area (Å²) in [6, 6.07) is 2.06. The van der Waals surface area contributed by atoms with Crippen molar-refractivity contribution in [2.45, 2.75) is 53.0 Å². The lowest BCUT2D eigenvalue weighted by Crippen LogP contribution is -2.16. The third-order valence-corrected chi connectivity index (χ3v) is 2.71. The molecule has 0 saturated heterocycles. The molecular weight excluding hydrogens is 198 g/mol. The smallest absolute Gasteiger partial charge is 0.131 e. The van der Waals surface area contributed by atoms with Gasteiger partial charge in [-0.1, -0.05) is 20.8 Å². The van der Waals surface area contributed by atoms with Crippen LogP contribution >= 0.6 is 0 Å². The van der Waals surface area contributed by atoms with Crippen LogP contribution in [-0.4, -0.2) is 16.5 Å². The number of hydrogen-bond donors (Lipinski definition) is 1. The number of aromatic nitrogens is 2. The summed E-state index contributed by atoms with van der Waals surface area (Å²) in [6.07, 6.45) is 2.24. The zero-order chi connectivity index (χ0) is 12.0. The van der Waals surface area contributed by atoms with Crippen LogP contribution in [0.5, 0.6) is 0 Å². The van der Waals surface area contributed by atoms with Crippen LogP contribution in [-0.2, 0) is 6.54 Å². The van der Waals surface area contributed by atoms with Gasteiger partial charge in [0.25, 0.3) is 0 Å². The van der Waals surface area contributed by atoms with Crippen LogP contribution < -0.4 is 5.32 Å². The molecule has 0 fully saturated rings. The Labute approximate surface area is 98.7 Å². The zero-order valence-corrected chi connectivity index (χ0v) is 10.9. The van der Waals surface area contributed by atoms with Gasteiger partial charge in [0.05, 0.1) is 5.69 Å².